The van der Waals surface area contributed by atoms with Crippen LogP contribution in [-0.2, 0) is 16.7 Å². The molecule has 1 N–H and O–H groups in total. The lowest BCUT2D eigenvalue weighted by Gasteiger charge is -2.46. The second-order valence-electron chi connectivity index (χ2n) is 5.74. The lowest BCUT2D eigenvalue weighted by Crippen LogP contribution is -2.52. The number of fused-ring (bicyclic) bond motifs is 2. The van der Waals surface area contributed by atoms with Gasteiger partial charge in [-0.3, -0.25) is 0 Å². The van der Waals surface area contributed by atoms with Crippen LogP contribution in [0.3, 0.4) is 0 Å². The zero-order valence-electron chi connectivity index (χ0n) is 12.0. The Balaban J connectivity index is 1.94. The van der Waals surface area contributed by atoms with Crippen LogP contribution in [-0.4, -0.2) is 37.2 Å². The van der Waals surface area contributed by atoms with Crippen molar-refractivity contribution < 1.29 is 9.53 Å². The van der Waals surface area contributed by atoms with E-state index in [0.29, 0.717) is 13.2 Å². The van der Waals surface area contributed by atoms with E-state index in [1.165, 1.54) is 11.1 Å². The Hall–Kier alpha value is -1.55. The molecular formula is C16H22N2O2. The molecule has 0 aromatic heterocycles. The van der Waals surface area contributed by atoms with Gasteiger partial charge in [0.05, 0.1) is 6.61 Å². The van der Waals surface area contributed by atoms with E-state index in [4.69, 9.17) is 4.74 Å². The van der Waals surface area contributed by atoms with Crippen molar-refractivity contribution in [3.63, 3.8) is 0 Å². The lowest BCUT2D eigenvalue weighted by atomic mass is 9.69. The van der Waals surface area contributed by atoms with Gasteiger partial charge < -0.3 is 15.0 Å². The summed E-state index contributed by atoms with van der Waals surface area (Å²) in [4.78, 5) is 14.0. The summed E-state index contributed by atoms with van der Waals surface area (Å²) in [6.07, 6.45) is 1.99. The first-order valence-corrected chi connectivity index (χ1v) is 7.46. The Kier molecular flexibility index (Phi) is 3.66. The number of hydrogen-bond acceptors (Lipinski definition) is 3. The van der Waals surface area contributed by atoms with Gasteiger partial charge in [0, 0.05) is 18.5 Å². The van der Waals surface area contributed by atoms with E-state index in [-0.39, 0.29) is 11.5 Å². The van der Waals surface area contributed by atoms with Crippen LogP contribution < -0.4 is 5.32 Å². The summed E-state index contributed by atoms with van der Waals surface area (Å²) in [5, 5.41) is 3.42. The topological polar surface area (TPSA) is 41.6 Å². The molecule has 20 heavy (non-hydrogen) atoms. The van der Waals surface area contributed by atoms with Crippen molar-refractivity contribution in [2.24, 2.45) is 0 Å². The number of rotatable bonds is 1. The number of benzene rings is 1. The number of amides is 1. The minimum Gasteiger partial charge on any atom is -0.450 e. The highest BCUT2D eigenvalue weighted by molar-refractivity contribution is 5.68. The molecule has 4 heteroatoms. The Morgan fingerprint density at radius 1 is 1.35 bits per heavy atom. The molecule has 1 spiro atoms. The van der Waals surface area contributed by atoms with Gasteiger partial charge in [-0.25, -0.2) is 4.79 Å². The van der Waals surface area contributed by atoms with Crippen molar-refractivity contribution in [1.82, 2.24) is 10.2 Å². The average Bonchev–Trinajstić information content (AvgIpc) is 2.48. The highest BCUT2D eigenvalue weighted by atomic mass is 16.6. The van der Waals surface area contributed by atoms with Gasteiger partial charge in [-0.05, 0) is 44.0 Å². The maximum atomic E-state index is 12.1. The second-order valence-corrected chi connectivity index (χ2v) is 5.74. The van der Waals surface area contributed by atoms with Gasteiger partial charge >= 0.3 is 6.09 Å². The molecule has 0 atom stereocenters. The van der Waals surface area contributed by atoms with Gasteiger partial charge in [-0.15, -0.1) is 0 Å². The molecule has 0 aliphatic carbocycles. The number of carbonyl (C=O) groups is 1. The zero-order chi connectivity index (χ0) is 14.0. The van der Waals surface area contributed by atoms with Gasteiger partial charge in [0.25, 0.3) is 0 Å². The van der Waals surface area contributed by atoms with E-state index in [9.17, 15) is 4.79 Å². The Labute approximate surface area is 120 Å². The molecule has 2 heterocycles. The normalized spacial score (nSPS) is 20.6. The van der Waals surface area contributed by atoms with Gasteiger partial charge in [-0.1, -0.05) is 24.3 Å². The number of ether oxygens (including phenoxy) is 1. The van der Waals surface area contributed by atoms with Gasteiger partial charge in [0.15, 0.2) is 0 Å². The zero-order valence-corrected chi connectivity index (χ0v) is 12.0. The smallest absolute Gasteiger partial charge is 0.410 e. The molecule has 1 amide bonds. The number of piperidine rings is 1. The van der Waals surface area contributed by atoms with E-state index in [1.807, 2.05) is 11.8 Å². The van der Waals surface area contributed by atoms with Crippen LogP contribution in [0.5, 0.6) is 0 Å². The van der Waals surface area contributed by atoms with Crippen LogP contribution in [0, 0.1) is 0 Å². The first-order chi connectivity index (χ1) is 9.75. The third kappa shape index (κ3) is 2.29. The van der Waals surface area contributed by atoms with Crippen molar-refractivity contribution in [3.8, 4) is 0 Å². The van der Waals surface area contributed by atoms with Crippen LogP contribution >= 0.6 is 0 Å². The first-order valence-electron chi connectivity index (χ1n) is 7.46. The maximum Gasteiger partial charge on any atom is 0.410 e. The summed E-state index contributed by atoms with van der Waals surface area (Å²) in [7, 11) is 0. The number of nitrogens with zero attached hydrogens (tertiary/aromatic N) is 1. The summed E-state index contributed by atoms with van der Waals surface area (Å²) in [6, 6.07) is 8.55. The fourth-order valence-electron chi connectivity index (χ4n) is 3.56. The predicted octanol–water partition coefficient (Wildman–Crippen LogP) is 2.28. The molecule has 2 aliphatic heterocycles. The highest BCUT2D eigenvalue weighted by Crippen LogP contribution is 2.40. The van der Waals surface area contributed by atoms with Crippen LogP contribution in [0.2, 0.25) is 0 Å². The van der Waals surface area contributed by atoms with E-state index < -0.39 is 0 Å². The molecule has 0 radical (unpaired) electrons. The third-order valence-corrected chi connectivity index (χ3v) is 4.53. The van der Waals surface area contributed by atoms with E-state index in [0.717, 1.165) is 32.5 Å². The third-order valence-electron chi connectivity index (χ3n) is 4.53. The molecule has 3 rings (SSSR count). The maximum absolute atomic E-state index is 12.1. The molecule has 2 aliphatic rings. The van der Waals surface area contributed by atoms with E-state index >= 15 is 0 Å². The molecule has 1 fully saturated rings. The number of hydrogen-bond donors (Lipinski definition) is 1. The fourth-order valence-corrected chi connectivity index (χ4v) is 3.56. The highest BCUT2D eigenvalue weighted by Gasteiger charge is 2.41. The van der Waals surface area contributed by atoms with E-state index in [1.54, 1.807) is 0 Å². The molecular weight excluding hydrogens is 252 g/mol. The van der Waals surface area contributed by atoms with Gasteiger partial charge in [0.2, 0.25) is 0 Å². The van der Waals surface area contributed by atoms with Crippen molar-refractivity contribution in [2.75, 3.05) is 26.2 Å². The molecule has 0 bridgehead atoms. The summed E-state index contributed by atoms with van der Waals surface area (Å²) in [5.74, 6) is 0. The first kappa shape index (κ1) is 13.4. The van der Waals surface area contributed by atoms with Crippen molar-refractivity contribution in [2.45, 2.75) is 31.7 Å². The molecule has 0 saturated carbocycles. The average molecular weight is 274 g/mol. The summed E-state index contributed by atoms with van der Waals surface area (Å²) in [5.41, 5.74) is 2.81. The summed E-state index contributed by atoms with van der Waals surface area (Å²) < 4.78 is 5.20. The monoisotopic (exact) mass is 274 g/mol. The Morgan fingerprint density at radius 2 is 2.10 bits per heavy atom. The van der Waals surface area contributed by atoms with Crippen LogP contribution in [0.1, 0.15) is 30.9 Å². The van der Waals surface area contributed by atoms with E-state index in [2.05, 4.69) is 29.6 Å². The van der Waals surface area contributed by atoms with Gasteiger partial charge in [0.1, 0.15) is 0 Å². The molecule has 1 saturated heterocycles. The van der Waals surface area contributed by atoms with Gasteiger partial charge in [-0.2, -0.15) is 0 Å². The number of carbonyl (C=O) groups excluding carboxylic acids is 1. The van der Waals surface area contributed by atoms with Crippen LogP contribution in [0.25, 0.3) is 0 Å². The van der Waals surface area contributed by atoms with Crippen LogP contribution in [0.4, 0.5) is 4.79 Å². The number of nitrogens with one attached hydrogen (secondary N) is 1. The molecule has 1 aromatic carbocycles. The largest absolute Gasteiger partial charge is 0.450 e. The predicted molar refractivity (Wildman–Crippen MR) is 77.7 cm³/mol. The molecule has 108 valence electrons. The van der Waals surface area contributed by atoms with Crippen LogP contribution in [0.15, 0.2) is 24.3 Å². The Morgan fingerprint density at radius 3 is 2.85 bits per heavy atom. The fraction of sp³-hybridized carbons (Fsp3) is 0.562. The second kappa shape index (κ2) is 5.44. The minimum atomic E-state index is -0.181. The lowest BCUT2D eigenvalue weighted by molar-refractivity contribution is 0.0815. The summed E-state index contributed by atoms with van der Waals surface area (Å²) in [6.45, 7) is 5.78. The minimum absolute atomic E-state index is 0.104. The molecule has 1 aromatic rings. The molecule has 0 unspecified atom stereocenters. The summed E-state index contributed by atoms with van der Waals surface area (Å²) >= 11 is 0. The molecule has 4 nitrogen and oxygen atoms in total. The van der Waals surface area contributed by atoms with Crippen molar-refractivity contribution >= 4 is 6.09 Å². The SMILES string of the molecule is CCOC(=O)N1Cc2ccccc2C2(CCNCC2)C1. The van der Waals surface area contributed by atoms with Crippen molar-refractivity contribution in [1.29, 1.82) is 0 Å². The Bertz CT molecular complexity index is 495. The standard InChI is InChI=1S/C16H22N2O2/c1-2-20-15(19)18-11-13-5-3-4-6-14(13)16(12-18)7-9-17-10-8-16/h3-6,17H,2,7-12H2,1H3. The van der Waals surface area contributed by atoms with Crippen molar-refractivity contribution in [3.05, 3.63) is 35.4 Å². The quantitative estimate of drug-likeness (QED) is 0.854.